The highest BCUT2D eigenvalue weighted by Gasteiger charge is 2.34. The molecule has 1 aliphatic rings. The summed E-state index contributed by atoms with van der Waals surface area (Å²) < 4.78 is 31.0. The van der Waals surface area contributed by atoms with Crippen LogP contribution < -0.4 is 0 Å². The van der Waals surface area contributed by atoms with E-state index in [0.29, 0.717) is 19.4 Å². The number of nitrogens with zero attached hydrogens (tertiary/aromatic N) is 2. The number of hydrogen-bond acceptors (Lipinski definition) is 5. The summed E-state index contributed by atoms with van der Waals surface area (Å²) in [6.45, 7) is 0.436. The molecular weight excluding hydrogens is 339 g/mol. The molecule has 0 aliphatic carbocycles. The van der Waals surface area contributed by atoms with Gasteiger partial charge in [0.2, 0.25) is 10.0 Å². The van der Waals surface area contributed by atoms with Gasteiger partial charge < -0.3 is 4.74 Å². The lowest BCUT2D eigenvalue weighted by molar-refractivity contribution is -0.146. The molecular formula is C12H14Cl2N2O4S. The van der Waals surface area contributed by atoms with E-state index in [4.69, 9.17) is 23.2 Å². The predicted octanol–water partition coefficient (Wildman–Crippen LogP) is 1.96. The van der Waals surface area contributed by atoms with Gasteiger partial charge in [-0.2, -0.15) is 4.31 Å². The standard InChI is InChI=1S/C12H14Cl2N2O4S/c1-20-12(17)8-3-2-4-16(7-8)21(18,19)9-5-10(13)11(14)15-6-9/h5-6,8H,2-4,7H2,1H3. The summed E-state index contributed by atoms with van der Waals surface area (Å²) in [7, 11) is -2.47. The molecule has 21 heavy (non-hydrogen) atoms. The number of esters is 1. The van der Waals surface area contributed by atoms with E-state index >= 15 is 0 Å². The third-order valence-electron chi connectivity index (χ3n) is 3.33. The fourth-order valence-electron chi connectivity index (χ4n) is 2.21. The fourth-order valence-corrected chi connectivity index (χ4v) is 4.04. The minimum atomic E-state index is -3.76. The Hall–Kier alpha value is -0.890. The molecule has 1 aromatic heterocycles. The lowest BCUT2D eigenvalue weighted by Gasteiger charge is -2.30. The monoisotopic (exact) mass is 352 g/mol. The summed E-state index contributed by atoms with van der Waals surface area (Å²) >= 11 is 11.5. The van der Waals surface area contributed by atoms with Gasteiger partial charge in [-0.05, 0) is 18.9 Å². The second-order valence-corrected chi connectivity index (χ2v) is 7.37. The smallest absolute Gasteiger partial charge is 0.309 e. The highest BCUT2D eigenvalue weighted by molar-refractivity contribution is 7.89. The van der Waals surface area contributed by atoms with Crippen LogP contribution in [0.15, 0.2) is 17.2 Å². The van der Waals surface area contributed by atoms with Crippen molar-refractivity contribution in [3.05, 3.63) is 22.4 Å². The summed E-state index contributed by atoms with van der Waals surface area (Å²) in [4.78, 5) is 15.3. The molecule has 0 bridgehead atoms. The summed E-state index contributed by atoms with van der Waals surface area (Å²) in [5, 5.41) is 0.112. The van der Waals surface area contributed by atoms with Gasteiger partial charge >= 0.3 is 5.97 Å². The van der Waals surface area contributed by atoms with Crippen LogP contribution in [0.25, 0.3) is 0 Å². The second-order valence-electron chi connectivity index (χ2n) is 4.67. The van der Waals surface area contributed by atoms with Gasteiger partial charge in [-0.3, -0.25) is 4.79 Å². The van der Waals surface area contributed by atoms with Crippen molar-refractivity contribution in [3.8, 4) is 0 Å². The third-order valence-corrected chi connectivity index (χ3v) is 5.84. The molecule has 0 saturated carbocycles. The van der Waals surface area contributed by atoms with Crippen LogP contribution in [0.4, 0.5) is 0 Å². The Bertz CT molecular complexity index is 651. The number of methoxy groups -OCH3 is 1. The zero-order valence-electron chi connectivity index (χ0n) is 11.3. The van der Waals surface area contributed by atoms with E-state index in [1.807, 2.05) is 0 Å². The Morgan fingerprint density at radius 2 is 2.19 bits per heavy atom. The van der Waals surface area contributed by atoms with Crippen molar-refractivity contribution < 1.29 is 17.9 Å². The Morgan fingerprint density at radius 3 is 2.81 bits per heavy atom. The maximum atomic E-state index is 12.5. The lowest BCUT2D eigenvalue weighted by Crippen LogP contribution is -2.42. The molecule has 0 amide bonds. The van der Waals surface area contributed by atoms with E-state index in [2.05, 4.69) is 9.72 Å². The summed E-state index contributed by atoms with van der Waals surface area (Å²) in [6, 6.07) is 1.26. The van der Waals surface area contributed by atoms with Crippen molar-refractivity contribution in [1.29, 1.82) is 0 Å². The molecule has 2 heterocycles. The molecule has 2 rings (SSSR count). The number of sulfonamides is 1. The minimum absolute atomic E-state index is 0.0394. The van der Waals surface area contributed by atoms with Crippen LogP contribution in [-0.4, -0.2) is 43.9 Å². The van der Waals surface area contributed by atoms with E-state index in [1.165, 1.54) is 17.5 Å². The minimum Gasteiger partial charge on any atom is -0.469 e. The molecule has 1 atom stereocenters. The number of piperidine rings is 1. The van der Waals surface area contributed by atoms with E-state index < -0.39 is 21.9 Å². The molecule has 1 saturated heterocycles. The van der Waals surface area contributed by atoms with Gasteiger partial charge in [-0.15, -0.1) is 0 Å². The molecule has 1 unspecified atom stereocenters. The van der Waals surface area contributed by atoms with Crippen molar-refractivity contribution in [2.24, 2.45) is 5.92 Å². The van der Waals surface area contributed by atoms with Gasteiger partial charge in [0.05, 0.1) is 18.1 Å². The Labute approximate surface area is 133 Å². The van der Waals surface area contributed by atoms with Crippen molar-refractivity contribution in [1.82, 2.24) is 9.29 Å². The molecule has 6 nitrogen and oxygen atoms in total. The van der Waals surface area contributed by atoms with Crippen molar-refractivity contribution in [3.63, 3.8) is 0 Å². The zero-order valence-corrected chi connectivity index (χ0v) is 13.6. The van der Waals surface area contributed by atoms with E-state index in [0.717, 1.165) is 6.20 Å². The van der Waals surface area contributed by atoms with Crippen LogP contribution in [0, 0.1) is 5.92 Å². The van der Waals surface area contributed by atoms with Crippen LogP contribution >= 0.6 is 23.2 Å². The van der Waals surface area contributed by atoms with Crippen LogP contribution in [0.1, 0.15) is 12.8 Å². The first kappa shape index (κ1) is 16.5. The largest absolute Gasteiger partial charge is 0.469 e. The highest BCUT2D eigenvalue weighted by Crippen LogP contribution is 2.27. The van der Waals surface area contributed by atoms with Crippen LogP contribution in [0.2, 0.25) is 10.2 Å². The molecule has 1 fully saturated rings. The van der Waals surface area contributed by atoms with Crippen molar-refractivity contribution >= 4 is 39.2 Å². The average Bonchev–Trinajstić information content (AvgIpc) is 2.49. The molecule has 9 heteroatoms. The summed E-state index contributed by atoms with van der Waals surface area (Å²) in [6.07, 6.45) is 2.36. The number of hydrogen-bond donors (Lipinski definition) is 0. The number of aromatic nitrogens is 1. The van der Waals surface area contributed by atoms with E-state index in [9.17, 15) is 13.2 Å². The molecule has 0 N–H and O–H groups in total. The molecule has 0 aromatic carbocycles. The molecule has 1 aliphatic heterocycles. The summed E-state index contributed by atoms with van der Waals surface area (Å²) in [5.41, 5.74) is 0. The van der Waals surface area contributed by atoms with E-state index in [1.54, 1.807) is 0 Å². The van der Waals surface area contributed by atoms with Gasteiger partial charge in [0, 0.05) is 19.3 Å². The van der Waals surface area contributed by atoms with Crippen molar-refractivity contribution in [2.75, 3.05) is 20.2 Å². The third kappa shape index (κ3) is 3.48. The van der Waals surface area contributed by atoms with Gasteiger partial charge in [-0.25, -0.2) is 13.4 Å². The number of pyridine rings is 1. The first-order chi connectivity index (χ1) is 9.86. The van der Waals surface area contributed by atoms with E-state index in [-0.39, 0.29) is 21.6 Å². The average molecular weight is 353 g/mol. The Balaban J connectivity index is 2.26. The molecule has 0 spiro atoms. The lowest BCUT2D eigenvalue weighted by atomic mass is 10.0. The topological polar surface area (TPSA) is 76.6 Å². The molecule has 116 valence electrons. The highest BCUT2D eigenvalue weighted by atomic mass is 35.5. The maximum Gasteiger partial charge on any atom is 0.309 e. The van der Waals surface area contributed by atoms with Crippen LogP contribution in [0.5, 0.6) is 0 Å². The molecule has 0 radical (unpaired) electrons. The van der Waals surface area contributed by atoms with Crippen LogP contribution in [0.3, 0.4) is 0 Å². The van der Waals surface area contributed by atoms with Gasteiger partial charge in [0.15, 0.2) is 0 Å². The van der Waals surface area contributed by atoms with Crippen molar-refractivity contribution in [2.45, 2.75) is 17.7 Å². The Kier molecular flexibility index (Phi) is 5.08. The normalized spacial score (nSPS) is 20.2. The zero-order chi connectivity index (χ0) is 15.6. The van der Waals surface area contributed by atoms with Gasteiger partial charge in [0.25, 0.3) is 0 Å². The van der Waals surface area contributed by atoms with Crippen LogP contribution in [-0.2, 0) is 19.6 Å². The number of ether oxygens (including phenoxy) is 1. The SMILES string of the molecule is COC(=O)C1CCCN(S(=O)(=O)c2cnc(Cl)c(Cl)c2)C1. The first-order valence-corrected chi connectivity index (χ1v) is 8.45. The molecule has 1 aromatic rings. The number of halogens is 2. The number of carbonyl (C=O) groups excluding carboxylic acids is 1. The number of carbonyl (C=O) groups is 1. The number of rotatable bonds is 3. The summed E-state index contributed by atoms with van der Waals surface area (Å²) in [5.74, 6) is -0.851. The van der Waals surface area contributed by atoms with Gasteiger partial charge in [0.1, 0.15) is 10.0 Å². The second kappa shape index (κ2) is 6.48. The quantitative estimate of drug-likeness (QED) is 0.613. The predicted molar refractivity (Wildman–Crippen MR) is 77.8 cm³/mol. The first-order valence-electron chi connectivity index (χ1n) is 6.25. The van der Waals surface area contributed by atoms with Gasteiger partial charge in [-0.1, -0.05) is 23.2 Å². The fraction of sp³-hybridized carbons (Fsp3) is 0.500. The Morgan fingerprint density at radius 1 is 1.48 bits per heavy atom. The maximum absolute atomic E-state index is 12.5.